The van der Waals surface area contributed by atoms with Crippen molar-refractivity contribution in [2.45, 2.75) is 102 Å². The van der Waals surface area contributed by atoms with Crippen LogP contribution >= 0.6 is 0 Å². The van der Waals surface area contributed by atoms with Crippen molar-refractivity contribution < 1.29 is 98.7 Å². The summed E-state index contributed by atoms with van der Waals surface area (Å²) in [6.45, 7) is 1.71. The van der Waals surface area contributed by atoms with Crippen molar-refractivity contribution in [2.24, 2.45) is 0 Å². The van der Waals surface area contributed by atoms with E-state index < -0.39 is 116 Å². The Bertz CT molecular complexity index is 1480. The number of Topliss-reactive ketones (excluding diaryl/α,β-unsaturated/α-hetero) is 11. The summed E-state index contributed by atoms with van der Waals surface area (Å²) in [5.74, 6) is -18.4. The van der Waals surface area contributed by atoms with Gasteiger partial charge in [-0.25, -0.2) is 0 Å². The fourth-order valence-electron chi connectivity index (χ4n) is 4.89. The van der Waals surface area contributed by atoms with Crippen molar-refractivity contribution in [1.29, 1.82) is 0 Å². The Labute approximate surface area is 277 Å². The van der Waals surface area contributed by atoms with Crippen molar-refractivity contribution in [2.75, 3.05) is 13.2 Å². The van der Waals surface area contributed by atoms with Gasteiger partial charge in [0.25, 0.3) is 0 Å². The van der Waals surface area contributed by atoms with Gasteiger partial charge < -0.3 is 46.0 Å². The third-order valence-electron chi connectivity index (χ3n) is 8.23. The molecule has 0 fully saturated rings. The van der Waals surface area contributed by atoms with E-state index in [9.17, 15) is 98.7 Å². The van der Waals surface area contributed by atoms with Crippen molar-refractivity contribution in [3.05, 3.63) is 0 Å². The first-order valence-corrected chi connectivity index (χ1v) is 13.7. The molecular formula is C29H40O20. The molecule has 0 amide bonds. The normalized spacial score (nSPS) is 18.8. The smallest absolute Gasteiger partial charge is 0.243 e. The minimum Gasteiger partial charge on any atom is -0.393 e. The Balaban J connectivity index is 0. The molecule has 9 N–H and O–H groups in total. The summed E-state index contributed by atoms with van der Waals surface area (Å²) in [7, 11) is 0. The first kappa shape index (κ1) is 47.1. The monoisotopic (exact) mass is 708 g/mol. The third-order valence-corrected chi connectivity index (χ3v) is 8.23. The van der Waals surface area contributed by atoms with Crippen LogP contribution in [0.1, 0.15) is 62.3 Å². The molecular weight excluding hydrogens is 668 g/mol. The molecule has 0 aliphatic rings. The maximum atomic E-state index is 12.8. The molecule has 0 radical (unpaired) electrons. The van der Waals surface area contributed by atoms with Gasteiger partial charge in [-0.1, -0.05) is 0 Å². The summed E-state index contributed by atoms with van der Waals surface area (Å²) in [4.78, 5) is 130. The zero-order chi connectivity index (χ0) is 40.3. The molecule has 0 aliphatic heterocycles. The Morgan fingerprint density at radius 3 is 0.816 bits per heavy atom. The summed E-state index contributed by atoms with van der Waals surface area (Å²) >= 11 is 0. The van der Waals surface area contributed by atoms with Gasteiger partial charge in [-0.2, -0.15) is 0 Å². The highest BCUT2D eigenvalue weighted by Crippen LogP contribution is 2.40. The van der Waals surface area contributed by atoms with Gasteiger partial charge in [0, 0.05) is 6.92 Å². The lowest BCUT2D eigenvalue weighted by molar-refractivity contribution is -0.235. The lowest BCUT2D eigenvalue weighted by Crippen LogP contribution is -2.82. The predicted octanol–water partition coefficient (Wildman–Crippen LogP) is -6.49. The third kappa shape index (κ3) is 6.66. The lowest BCUT2D eigenvalue weighted by atomic mass is 9.61. The number of carbonyl (C=O) groups is 11. The van der Waals surface area contributed by atoms with Crippen molar-refractivity contribution >= 4 is 63.6 Å². The first-order chi connectivity index (χ1) is 21.7. The summed E-state index contributed by atoms with van der Waals surface area (Å²) in [6.07, 6.45) is 0. The summed E-state index contributed by atoms with van der Waals surface area (Å²) in [6, 6.07) is 0. The van der Waals surface area contributed by atoms with Gasteiger partial charge in [0.2, 0.25) is 39.6 Å². The van der Waals surface area contributed by atoms with Gasteiger partial charge in [0.1, 0.15) is 0 Å². The average molecular weight is 709 g/mol. The molecule has 0 aromatic rings. The molecule has 6 atom stereocenters. The number of aliphatic hydroxyl groups is 9. The molecule has 0 saturated carbocycles. The van der Waals surface area contributed by atoms with Crippen LogP contribution < -0.4 is 0 Å². The Morgan fingerprint density at radius 1 is 0.388 bits per heavy atom. The molecule has 49 heavy (non-hydrogen) atoms. The second-order valence-electron chi connectivity index (χ2n) is 11.3. The highest BCUT2D eigenvalue weighted by molar-refractivity contribution is 6.45. The van der Waals surface area contributed by atoms with Crippen LogP contribution in [-0.2, 0) is 52.7 Å². The molecule has 0 unspecified atom stereocenters. The van der Waals surface area contributed by atoms with Crippen molar-refractivity contribution in [1.82, 2.24) is 0 Å². The number of carbonyl (C=O) groups excluding carboxylic acids is 11. The molecule has 0 aromatic heterocycles. The quantitative estimate of drug-likeness (QED) is 0.0472. The maximum Gasteiger partial charge on any atom is 0.243 e. The number of aliphatic hydroxyl groups excluding tert-OH is 2. The van der Waals surface area contributed by atoms with Gasteiger partial charge >= 0.3 is 0 Å². The Hall–Kier alpha value is -3.99. The van der Waals surface area contributed by atoms with Gasteiger partial charge in [-0.05, 0) is 55.4 Å². The van der Waals surface area contributed by atoms with Crippen molar-refractivity contribution in [3.8, 4) is 0 Å². The van der Waals surface area contributed by atoms with Crippen LogP contribution in [0.5, 0.6) is 0 Å². The zero-order valence-electron chi connectivity index (χ0n) is 27.9. The largest absolute Gasteiger partial charge is 0.393 e. The van der Waals surface area contributed by atoms with E-state index in [-0.39, 0.29) is 0 Å². The summed E-state index contributed by atoms with van der Waals surface area (Å²) in [5.41, 5.74) is -26.3. The standard InChI is InChI=1S/C16H22O11.C13H18O9/c1-7(18)13(24,6-17)16(27,11(5)22)15(26,10(4)21)12(23)14(25,8(2)19)9(3)20;1-6(15)10(19)12(21,8(3)17)13(22,9(4)18)11(20,5-14)7(2)16/h17,24-27H,6H2,1-5H3;14,20-22H,5H2,1-4H3/t13-,15+,16+;11-,12-,13-/m00/s1. The van der Waals surface area contributed by atoms with Gasteiger partial charge in [0.05, 0.1) is 13.2 Å². The highest BCUT2D eigenvalue weighted by Gasteiger charge is 2.76. The molecule has 0 aliphatic carbocycles. The number of hydrogen-bond donors (Lipinski definition) is 9. The number of rotatable bonds is 18. The van der Waals surface area contributed by atoms with E-state index in [0.29, 0.717) is 62.3 Å². The van der Waals surface area contributed by atoms with Gasteiger partial charge in [0.15, 0.2) is 63.3 Å². The van der Waals surface area contributed by atoms with Crippen LogP contribution in [-0.4, -0.2) is 162 Å². The van der Waals surface area contributed by atoms with Crippen LogP contribution in [0.25, 0.3) is 0 Å². The van der Waals surface area contributed by atoms with E-state index in [1.54, 1.807) is 0 Å². The van der Waals surface area contributed by atoms with Crippen LogP contribution in [0.3, 0.4) is 0 Å². The fourth-order valence-corrected chi connectivity index (χ4v) is 4.89. The van der Waals surface area contributed by atoms with Crippen LogP contribution in [0.4, 0.5) is 0 Å². The number of ketones is 11. The maximum absolute atomic E-state index is 12.8. The topological polar surface area (TPSA) is 370 Å². The minimum atomic E-state index is -4.14. The molecule has 0 aromatic carbocycles. The molecule has 0 bridgehead atoms. The van der Waals surface area contributed by atoms with Crippen molar-refractivity contribution in [3.63, 3.8) is 0 Å². The van der Waals surface area contributed by atoms with E-state index in [0.717, 1.165) is 0 Å². The lowest BCUT2D eigenvalue weighted by Gasteiger charge is -2.48. The molecule has 0 rings (SSSR count). The Morgan fingerprint density at radius 2 is 0.653 bits per heavy atom. The van der Waals surface area contributed by atoms with Gasteiger partial charge in [-0.15, -0.1) is 0 Å². The molecule has 0 saturated heterocycles. The van der Waals surface area contributed by atoms with E-state index in [4.69, 9.17) is 0 Å². The first-order valence-electron chi connectivity index (χ1n) is 13.7. The second-order valence-corrected chi connectivity index (χ2v) is 11.3. The van der Waals surface area contributed by atoms with Crippen LogP contribution in [0.2, 0.25) is 0 Å². The van der Waals surface area contributed by atoms with Crippen LogP contribution in [0, 0.1) is 0 Å². The molecule has 0 heterocycles. The second kappa shape index (κ2) is 15.3. The van der Waals surface area contributed by atoms with Gasteiger partial charge in [-0.3, -0.25) is 52.7 Å². The fraction of sp³-hybridized carbons (Fsp3) is 0.621. The summed E-state index contributed by atoms with van der Waals surface area (Å²) in [5, 5.41) is 91.6. The molecule has 20 nitrogen and oxygen atoms in total. The summed E-state index contributed by atoms with van der Waals surface area (Å²) < 4.78 is 0. The Kier molecular flexibility index (Phi) is 14.7. The van der Waals surface area contributed by atoms with Crippen LogP contribution in [0.15, 0.2) is 0 Å². The highest BCUT2D eigenvalue weighted by atomic mass is 16.4. The minimum absolute atomic E-state index is 0.435. The SMILES string of the molecule is CC(=O)C(=O)[C@@](O)(C(C)=O)[C@](O)(C(C)=O)[C@](O)(CO)C(C)=O.CC(=O)C(O)(C(C)=O)C(=O)[C@](O)(C(C)=O)[C@@](O)(C(C)=O)[C@](O)(CO)C(C)=O. The average Bonchev–Trinajstić information content (AvgIpc) is 2.99. The molecule has 0 spiro atoms. The van der Waals surface area contributed by atoms with E-state index >= 15 is 0 Å². The van der Waals surface area contributed by atoms with E-state index in [1.165, 1.54) is 0 Å². The predicted molar refractivity (Wildman–Crippen MR) is 155 cm³/mol. The van der Waals surface area contributed by atoms with E-state index in [1.807, 2.05) is 0 Å². The number of hydrogen-bond acceptors (Lipinski definition) is 20. The zero-order valence-corrected chi connectivity index (χ0v) is 27.9. The van der Waals surface area contributed by atoms with E-state index in [2.05, 4.69) is 0 Å². The molecule has 276 valence electrons. The molecule has 20 heteroatoms.